The highest BCUT2D eigenvalue weighted by atomic mass is 16.5. The number of hydrogen-bond acceptors (Lipinski definition) is 6. The summed E-state index contributed by atoms with van der Waals surface area (Å²) in [5.74, 6) is 0.621. The fourth-order valence-corrected chi connectivity index (χ4v) is 4.00. The van der Waals surface area contributed by atoms with Crippen LogP contribution in [0, 0.1) is 13.8 Å². The Kier molecular flexibility index (Phi) is 4.68. The van der Waals surface area contributed by atoms with Crippen LogP contribution in [0.15, 0.2) is 23.2 Å². The summed E-state index contributed by atoms with van der Waals surface area (Å²) in [4.78, 5) is 44.1. The lowest BCUT2D eigenvalue weighted by molar-refractivity contribution is -0.682. The van der Waals surface area contributed by atoms with E-state index in [1.165, 1.54) is 11.9 Å². The molecule has 4 amide bonds. The third kappa shape index (κ3) is 2.84. The zero-order valence-corrected chi connectivity index (χ0v) is 17.9. The van der Waals surface area contributed by atoms with E-state index in [0.717, 1.165) is 16.3 Å². The molecule has 2 aromatic rings. The van der Waals surface area contributed by atoms with Crippen molar-refractivity contribution in [2.45, 2.75) is 19.9 Å². The summed E-state index contributed by atoms with van der Waals surface area (Å²) in [6.07, 6.45) is 0. The summed E-state index contributed by atoms with van der Waals surface area (Å²) in [5.41, 5.74) is 7.53. The van der Waals surface area contributed by atoms with Gasteiger partial charge in [0.2, 0.25) is 17.8 Å². The molecule has 11 nitrogen and oxygen atoms in total. The van der Waals surface area contributed by atoms with Gasteiger partial charge in [0.1, 0.15) is 23.7 Å². The second-order valence-corrected chi connectivity index (χ2v) is 7.32. The van der Waals surface area contributed by atoms with Gasteiger partial charge >= 0.3 is 12.0 Å². The average Bonchev–Trinajstić information content (AvgIpc) is 3.24. The first-order chi connectivity index (χ1) is 14.7. The predicted molar refractivity (Wildman–Crippen MR) is 109 cm³/mol. The zero-order valence-electron chi connectivity index (χ0n) is 17.9. The van der Waals surface area contributed by atoms with Crippen LogP contribution in [0.1, 0.15) is 17.4 Å². The number of fused-ring (bicyclic) bond motifs is 3. The van der Waals surface area contributed by atoms with Crippen LogP contribution in [0.4, 0.5) is 10.7 Å². The van der Waals surface area contributed by atoms with E-state index in [4.69, 9.17) is 15.2 Å². The monoisotopic (exact) mass is 427 g/mol. The first-order valence-electron chi connectivity index (χ1n) is 9.53. The number of imidazole rings is 1. The van der Waals surface area contributed by atoms with Gasteiger partial charge < -0.3 is 15.2 Å². The lowest BCUT2D eigenvalue weighted by atomic mass is 10.1. The van der Waals surface area contributed by atoms with Crippen molar-refractivity contribution >= 4 is 29.6 Å². The lowest BCUT2D eigenvalue weighted by Gasteiger charge is -2.32. The number of imide groups is 1. The van der Waals surface area contributed by atoms with E-state index in [1.807, 2.05) is 24.5 Å². The van der Waals surface area contributed by atoms with Crippen molar-refractivity contribution < 1.29 is 28.4 Å². The molecule has 3 heterocycles. The van der Waals surface area contributed by atoms with Crippen molar-refractivity contribution in [2.24, 2.45) is 10.7 Å². The van der Waals surface area contributed by atoms with Crippen LogP contribution in [0.25, 0.3) is 5.69 Å². The first-order valence-corrected chi connectivity index (χ1v) is 9.53. The van der Waals surface area contributed by atoms with Crippen molar-refractivity contribution in [3.05, 3.63) is 29.6 Å². The Morgan fingerprint density at radius 3 is 2.55 bits per heavy atom. The Hall–Kier alpha value is -3.89. The Morgan fingerprint density at radius 1 is 1.23 bits per heavy atom. The maximum Gasteiger partial charge on any atom is 0.407 e. The van der Waals surface area contributed by atoms with E-state index >= 15 is 0 Å². The molecule has 11 heteroatoms. The summed E-state index contributed by atoms with van der Waals surface area (Å²) in [5, 5.41) is 0. The molecule has 4 rings (SSSR count). The smallest absolute Gasteiger partial charge is 0.407 e. The number of amidine groups is 1. The van der Waals surface area contributed by atoms with Crippen LogP contribution in [-0.4, -0.2) is 65.9 Å². The lowest BCUT2D eigenvalue weighted by Crippen LogP contribution is -2.64. The molecule has 0 bridgehead atoms. The quantitative estimate of drug-likeness (QED) is 0.691. The van der Waals surface area contributed by atoms with Crippen LogP contribution >= 0.6 is 0 Å². The van der Waals surface area contributed by atoms with E-state index in [-0.39, 0.29) is 5.84 Å². The van der Waals surface area contributed by atoms with Crippen molar-refractivity contribution in [2.75, 3.05) is 27.8 Å². The number of benzene rings is 1. The Labute approximate surface area is 178 Å². The minimum absolute atomic E-state index is 0.282. The summed E-state index contributed by atoms with van der Waals surface area (Å²) < 4.78 is 14.5. The summed E-state index contributed by atoms with van der Waals surface area (Å²) in [6, 6.07) is 3.85. The Bertz CT molecular complexity index is 1170. The van der Waals surface area contributed by atoms with Gasteiger partial charge in [0.25, 0.3) is 5.91 Å². The topological polar surface area (TPSA) is 123 Å². The molecule has 1 atom stereocenters. The van der Waals surface area contributed by atoms with Crippen molar-refractivity contribution in [3.8, 4) is 17.2 Å². The van der Waals surface area contributed by atoms with Gasteiger partial charge in [0.15, 0.2) is 11.4 Å². The SMILES string of the molecule is COc1ccc(OC)c(-n2c(C)c(C)[n+]3c2N=C2C3C(=O)N(CC(N)=O)C(=O)N2C)c1. The minimum Gasteiger partial charge on any atom is -0.497 e. The molecule has 0 radical (unpaired) electrons. The van der Waals surface area contributed by atoms with E-state index in [2.05, 4.69) is 4.99 Å². The van der Waals surface area contributed by atoms with Crippen molar-refractivity contribution in [1.82, 2.24) is 14.4 Å². The van der Waals surface area contributed by atoms with Crippen LogP contribution in [0.2, 0.25) is 0 Å². The standard InChI is InChI=1S/C20H22N6O5/c1-10-11(2)26-16-17(23(3)20(29)24(18(16)28)9-15(21)27)22-19(26)25(10)13-8-12(30-4)6-7-14(13)31-5/h6-8,16H,9H2,1-5H3,(H-,21,27)/p+1. The van der Waals surface area contributed by atoms with Gasteiger partial charge in [-0.3, -0.25) is 19.4 Å². The molecule has 1 saturated heterocycles. The van der Waals surface area contributed by atoms with Gasteiger partial charge in [-0.1, -0.05) is 4.99 Å². The number of hydrogen-bond donors (Lipinski definition) is 1. The molecule has 2 aliphatic heterocycles. The number of rotatable bonds is 5. The highest BCUT2D eigenvalue weighted by Gasteiger charge is 2.54. The molecule has 2 N–H and O–H groups in total. The Balaban J connectivity index is 1.93. The first kappa shape index (κ1) is 20.4. The third-order valence-corrected chi connectivity index (χ3v) is 5.66. The third-order valence-electron chi connectivity index (χ3n) is 5.66. The van der Waals surface area contributed by atoms with E-state index in [9.17, 15) is 14.4 Å². The molecule has 162 valence electrons. The number of ether oxygens (including phenoxy) is 2. The molecule has 1 aromatic carbocycles. The van der Waals surface area contributed by atoms with Gasteiger partial charge in [-0.15, -0.1) is 0 Å². The molecular weight excluding hydrogens is 404 g/mol. The van der Waals surface area contributed by atoms with Crippen LogP contribution < -0.4 is 19.8 Å². The number of aliphatic imine (C=N–C) groups is 1. The molecule has 1 unspecified atom stereocenters. The highest BCUT2D eigenvalue weighted by Crippen LogP contribution is 2.36. The maximum atomic E-state index is 13.2. The fourth-order valence-electron chi connectivity index (χ4n) is 4.00. The van der Waals surface area contributed by atoms with Crippen LogP contribution in [0.3, 0.4) is 0 Å². The number of amides is 4. The van der Waals surface area contributed by atoms with Crippen molar-refractivity contribution in [1.29, 1.82) is 0 Å². The summed E-state index contributed by atoms with van der Waals surface area (Å²) in [6.45, 7) is 3.27. The molecule has 0 spiro atoms. The number of primary amides is 1. The number of urea groups is 1. The predicted octanol–water partition coefficient (Wildman–Crippen LogP) is 0.363. The van der Waals surface area contributed by atoms with Gasteiger partial charge in [-0.2, -0.15) is 4.57 Å². The van der Waals surface area contributed by atoms with Gasteiger partial charge in [-0.05, 0) is 26.0 Å². The molecule has 0 saturated carbocycles. The number of likely N-dealkylation sites (N-methyl/N-ethyl adjacent to an activating group) is 1. The Morgan fingerprint density at radius 2 is 1.94 bits per heavy atom. The van der Waals surface area contributed by atoms with E-state index < -0.39 is 30.4 Å². The van der Waals surface area contributed by atoms with Gasteiger partial charge in [0, 0.05) is 13.1 Å². The number of carbonyl (C=O) groups excluding carboxylic acids is 3. The number of nitrogens with two attached hydrogens (primary N) is 1. The molecule has 0 aliphatic carbocycles. The van der Waals surface area contributed by atoms with E-state index in [1.54, 1.807) is 30.9 Å². The number of methoxy groups -OCH3 is 2. The second-order valence-electron chi connectivity index (χ2n) is 7.32. The fraction of sp³-hybridized carbons (Fsp3) is 0.350. The second kappa shape index (κ2) is 7.11. The number of aromatic nitrogens is 2. The molecule has 1 fully saturated rings. The maximum absolute atomic E-state index is 13.2. The summed E-state index contributed by atoms with van der Waals surface area (Å²) in [7, 11) is 4.65. The number of carbonyl (C=O) groups is 3. The van der Waals surface area contributed by atoms with Crippen LogP contribution in [0.5, 0.6) is 11.5 Å². The van der Waals surface area contributed by atoms with Gasteiger partial charge in [0.05, 0.1) is 14.2 Å². The molecule has 31 heavy (non-hydrogen) atoms. The minimum atomic E-state index is -0.881. The average molecular weight is 427 g/mol. The van der Waals surface area contributed by atoms with Crippen molar-refractivity contribution in [3.63, 3.8) is 0 Å². The van der Waals surface area contributed by atoms with Crippen LogP contribution in [-0.2, 0) is 9.59 Å². The summed E-state index contributed by atoms with van der Waals surface area (Å²) >= 11 is 0. The largest absolute Gasteiger partial charge is 0.497 e. The highest BCUT2D eigenvalue weighted by molar-refractivity contribution is 6.19. The van der Waals surface area contributed by atoms with Gasteiger partial charge in [-0.25, -0.2) is 9.36 Å². The zero-order chi connectivity index (χ0) is 22.6. The van der Waals surface area contributed by atoms with E-state index in [0.29, 0.717) is 23.1 Å². The molecule has 1 aromatic heterocycles. The molecule has 2 aliphatic rings. The normalized spacial score (nSPS) is 17.5. The molecular formula is C20H23N6O5+. The number of nitrogens with zero attached hydrogens (tertiary/aromatic N) is 5.